The highest BCUT2D eigenvalue weighted by Gasteiger charge is 2.38. The molecule has 0 spiro atoms. The van der Waals surface area contributed by atoms with Crippen LogP contribution in [0.4, 0.5) is 14.4 Å². The van der Waals surface area contributed by atoms with Crippen LogP contribution in [0.5, 0.6) is 35.3 Å². The largest absolute Gasteiger partial charge is 0.534 e. The van der Waals surface area contributed by atoms with E-state index in [1.54, 1.807) is 4.90 Å². The predicted octanol–water partition coefficient (Wildman–Crippen LogP) is 0.146. The van der Waals surface area contributed by atoms with Gasteiger partial charge in [0.25, 0.3) is 0 Å². The van der Waals surface area contributed by atoms with Gasteiger partial charge in [0.05, 0.1) is 59.3 Å². The first-order valence-electron chi connectivity index (χ1n) is 19.1. The van der Waals surface area contributed by atoms with Crippen molar-refractivity contribution in [2.75, 3.05) is 92.4 Å². The average Bonchev–Trinajstić information content (AvgIpc) is 3.87. The summed E-state index contributed by atoms with van der Waals surface area (Å²) in [6.07, 6.45) is -3.51. The topological polar surface area (TPSA) is 336 Å². The molecular formula is C36H48N4O23. The fourth-order valence-electron chi connectivity index (χ4n) is 5.30. The van der Waals surface area contributed by atoms with Gasteiger partial charge in [-0.15, -0.1) is 14.2 Å². The van der Waals surface area contributed by atoms with E-state index in [1.165, 1.54) is 0 Å². The highest BCUT2D eigenvalue weighted by atomic mass is 16.8. The smallest absolute Gasteiger partial charge is 0.492 e. The molecule has 0 saturated carbocycles. The van der Waals surface area contributed by atoms with Crippen molar-refractivity contribution in [2.45, 2.75) is 31.5 Å². The summed E-state index contributed by atoms with van der Waals surface area (Å²) in [6.45, 7) is -0.540. The average molecular weight is 905 g/mol. The Balaban J connectivity index is 1.11. The number of aromatic nitrogens is 3. The SMILES string of the molecule is O=C(CCC(=O)N1CCC(OCCOCCOC(=O)On2c(O)ccc2O)(OCCOCCOC(=O)On2c(O)ccc2O)CC1)OCCOCCOC(=O)On1c(O)ccc1O. The maximum atomic E-state index is 13.0. The van der Waals surface area contributed by atoms with Crippen molar-refractivity contribution < 1.29 is 112 Å². The lowest BCUT2D eigenvalue weighted by Gasteiger charge is -2.41. The van der Waals surface area contributed by atoms with Crippen LogP contribution in [0, 0.1) is 0 Å². The van der Waals surface area contributed by atoms with Crippen molar-refractivity contribution in [2.24, 2.45) is 0 Å². The minimum Gasteiger partial charge on any atom is -0.492 e. The van der Waals surface area contributed by atoms with Gasteiger partial charge in [0.2, 0.25) is 41.2 Å². The molecule has 0 bridgehead atoms. The number of nitrogens with zero attached hydrogens (tertiary/aromatic N) is 4. The molecule has 0 aliphatic carbocycles. The Hall–Kier alpha value is -6.81. The van der Waals surface area contributed by atoms with Crippen LogP contribution < -0.4 is 14.5 Å². The molecule has 1 amide bonds. The fourth-order valence-corrected chi connectivity index (χ4v) is 5.30. The van der Waals surface area contributed by atoms with E-state index in [2.05, 4.69) is 14.5 Å². The Morgan fingerprint density at radius 1 is 0.444 bits per heavy atom. The molecule has 1 fully saturated rings. The summed E-state index contributed by atoms with van der Waals surface area (Å²) >= 11 is 0. The Bertz CT molecular complexity index is 1780. The van der Waals surface area contributed by atoms with Crippen molar-refractivity contribution >= 4 is 30.3 Å². The van der Waals surface area contributed by atoms with Crippen LogP contribution in [0.1, 0.15) is 25.7 Å². The van der Waals surface area contributed by atoms with Gasteiger partial charge in [-0.3, -0.25) is 24.1 Å². The van der Waals surface area contributed by atoms with Crippen molar-refractivity contribution in [1.29, 1.82) is 0 Å². The van der Waals surface area contributed by atoms with Gasteiger partial charge in [-0.2, -0.15) is 0 Å². The number of carbonyl (C=O) groups excluding carboxylic acids is 5. The molecule has 27 heteroatoms. The van der Waals surface area contributed by atoms with E-state index < -0.39 is 65.5 Å². The lowest BCUT2D eigenvalue weighted by molar-refractivity contribution is -0.263. The predicted molar refractivity (Wildman–Crippen MR) is 200 cm³/mol. The van der Waals surface area contributed by atoms with E-state index in [0.717, 1.165) is 36.4 Å². The molecule has 3 aromatic rings. The first-order valence-corrected chi connectivity index (χ1v) is 19.1. The van der Waals surface area contributed by atoms with E-state index in [1.807, 2.05) is 0 Å². The number of likely N-dealkylation sites (tertiary alicyclic amines) is 1. The number of amides is 1. The van der Waals surface area contributed by atoms with Gasteiger partial charge in [-0.1, -0.05) is 0 Å². The minimum atomic E-state index is -1.21. The number of hydrogen-bond donors (Lipinski definition) is 6. The zero-order chi connectivity index (χ0) is 45.6. The number of rotatable bonds is 26. The van der Waals surface area contributed by atoms with Crippen LogP contribution in [-0.4, -0.2) is 178 Å². The normalized spacial score (nSPS) is 13.2. The highest BCUT2D eigenvalue weighted by molar-refractivity contribution is 5.81. The van der Waals surface area contributed by atoms with Crippen LogP contribution in [-0.2, 0) is 52.2 Å². The molecule has 0 aromatic carbocycles. The third kappa shape index (κ3) is 16.5. The zero-order valence-corrected chi connectivity index (χ0v) is 33.6. The molecule has 3 aromatic heterocycles. The third-order valence-corrected chi connectivity index (χ3v) is 8.33. The van der Waals surface area contributed by atoms with Crippen molar-refractivity contribution in [3.8, 4) is 35.3 Å². The fraction of sp³-hybridized carbons (Fsp3) is 0.528. The van der Waals surface area contributed by atoms with E-state index in [4.69, 9.17) is 42.6 Å². The number of esters is 1. The molecule has 350 valence electrons. The molecule has 1 aliphatic rings. The van der Waals surface area contributed by atoms with Gasteiger partial charge in [0, 0.05) is 68.8 Å². The van der Waals surface area contributed by atoms with Crippen molar-refractivity contribution in [1.82, 2.24) is 19.1 Å². The summed E-state index contributed by atoms with van der Waals surface area (Å²) < 4.78 is 49.2. The molecule has 1 aliphatic heterocycles. The quantitative estimate of drug-likeness (QED) is 0.0270. The van der Waals surface area contributed by atoms with Gasteiger partial charge in [0.15, 0.2) is 5.79 Å². The Morgan fingerprint density at radius 3 is 1.11 bits per heavy atom. The van der Waals surface area contributed by atoms with Crippen LogP contribution in [0.25, 0.3) is 0 Å². The lowest BCUT2D eigenvalue weighted by Crippen LogP contribution is -2.50. The molecule has 1 saturated heterocycles. The third-order valence-electron chi connectivity index (χ3n) is 8.33. The van der Waals surface area contributed by atoms with E-state index in [9.17, 15) is 54.6 Å². The zero-order valence-electron chi connectivity index (χ0n) is 33.6. The van der Waals surface area contributed by atoms with E-state index >= 15 is 0 Å². The van der Waals surface area contributed by atoms with Gasteiger partial charge < -0.3 is 78.2 Å². The molecule has 27 nitrogen and oxygen atoms in total. The van der Waals surface area contributed by atoms with Crippen LogP contribution in [0.15, 0.2) is 36.4 Å². The molecule has 0 unspecified atom stereocenters. The summed E-state index contributed by atoms with van der Waals surface area (Å²) in [5, 5.41) is 57.1. The van der Waals surface area contributed by atoms with Gasteiger partial charge in [-0.25, -0.2) is 14.4 Å². The number of piperidine rings is 1. The second kappa shape index (κ2) is 25.2. The van der Waals surface area contributed by atoms with Crippen LogP contribution >= 0.6 is 0 Å². The number of ether oxygens (including phenoxy) is 9. The first kappa shape index (κ1) is 48.9. The summed E-state index contributed by atoms with van der Waals surface area (Å²) in [7, 11) is 0. The van der Waals surface area contributed by atoms with Gasteiger partial charge >= 0.3 is 24.4 Å². The first-order chi connectivity index (χ1) is 30.3. The van der Waals surface area contributed by atoms with Crippen LogP contribution in [0.2, 0.25) is 0 Å². The molecule has 6 N–H and O–H groups in total. The number of aromatic hydroxyl groups is 6. The molecule has 63 heavy (non-hydrogen) atoms. The lowest BCUT2D eigenvalue weighted by atomic mass is 10.0. The standard InChI is InChI=1S/C36H48N4O23/c41-25(7-8-32(48)55-19-13-52-14-20-56-33(49)61-38-26(42)1-2-27(38)43)37-11-9-36(10-12-37,59-23-17-53-15-21-57-34(50)62-39-28(44)3-4-29(39)45)60-24-18-54-16-22-58-35(51)63-40-30(46)5-6-31(40)47/h1-6,42-47H,7-24H2. The summed E-state index contributed by atoms with van der Waals surface area (Å²) in [6, 6.07) is 6.61. The van der Waals surface area contributed by atoms with Gasteiger partial charge in [0.1, 0.15) is 26.4 Å². The summed E-state index contributed by atoms with van der Waals surface area (Å²) in [4.78, 5) is 76.0. The number of hydrogen-bond acceptors (Lipinski definition) is 23. The Morgan fingerprint density at radius 2 is 0.762 bits per heavy atom. The summed E-state index contributed by atoms with van der Waals surface area (Å²) in [5.41, 5.74) is 0. The Kier molecular flexibility index (Phi) is 19.5. The molecule has 4 heterocycles. The molecule has 0 atom stereocenters. The van der Waals surface area contributed by atoms with E-state index in [-0.39, 0.29) is 124 Å². The Labute approximate surface area is 356 Å². The summed E-state index contributed by atoms with van der Waals surface area (Å²) in [5.74, 6) is -5.25. The highest BCUT2D eigenvalue weighted by Crippen LogP contribution is 2.29. The van der Waals surface area contributed by atoms with Gasteiger partial charge in [-0.05, 0) is 0 Å². The maximum Gasteiger partial charge on any atom is 0.534 e. The monoisotopic (exact) mass is 904 g/mol. The number of carbonyl (C=O) groups is 5. The van der Waals surface area contributed by atoms with Crippen molar-refractivity contribution in [3.63, 3.8) is 0 Å². The van der Waals surface area contributed by atoms with Crippen LogP contribution in [0.3, 0.4) is 0 Å². The molecule has 0 radical (unpaired) electrons. The molecule has 4 rings (SSSR count). The molecular weight excluding hydrogens is 856 g/mol. The second-order valence-electron chi connectivity index (χ2n) is 12.6. The minimum absolute atomic E-state index is 0.0209. The van der Waals surface area contributed by atoms with E-state index in [0.29, 0.717) is 14.2 Å². The van der Waals surface area contributed by atoms with Crippen molar-refractivity contribution in [3.05, 3.63) is 36.4 Å². The maximum absolute atomic E-state index is 13.0. The second-order valence-corrected chi connectivity index (χ2v) is 12.6.